The molecule has 2 N–H and O–H groups in total. The first-order valence-corrected chi connectivity index (χ1v) is 14.1. The quantitative estimate of drug-likeness (QED) is 0.215. The monoisotopic (exact) mass is 522 g/mol. The number of hydrogen-bond donors (Lipinski definition) is 2. The second-order valence-corrected chi connectivity index (χ2v) is 11.1. The van der Waals surface area contributed by atoms with Gasteiger partial charge in [-0.05, 0) is 54.3 Å². The number of anilines is 2. The first-order chi connectivity index (χ1) is 19.6. The Balaban J connectivity index is 1.36. The second kappa shape index (κ2) is 10.1. The summed E-state index contributed by atoms with van der Waals surface area (Å²) in [6.45, 7) is 7.54. The van der Waals surface area contributed by atoms with Gasteiger partial charge in [-0.3, -0.25) is 0 Å². The Morgan fingerprint density at radius 2 is 0.975 bits per heavy atom. The zero-order valence-corrected chi connectivity index (χ0v) is 23.1. The summed E-state index contributed by atoms with van der Waals surface area (Å²) in [6, 6.07) is 35.9. The van der Waals surface area contributed by atoms with Crippen LogP contribution in [0.1, 0.15) is 33.4 Å². The highest BCUT2D eigenvalue weighted by molar-refractivity contribution is 5.90. The SMILES string of the molecule is Cc1ccc2c(c1)c1cc[n+]2Cc2cccc(c2)C[n+]2ccc(c3cc(C)ccc32)NCc2ccc(cc2)CN1. The van der Waals surface area contributed by atoms with Gasteiger partial charge in [0.25, 0.3) is 0 Å². The molecule has 10 rings (SSSR count). The van der Waals surface area contributed by atoms with Crippen LogP contribution in [0.15, 0.2) is 109 Å². The first-order valence-electron chi connectivity index (χ1n) is 14.1. The Labute approximate surface area is 235 Å². The van der Waals surface area contributed by atoms with E-state index >= 15 is 0 Å². The van der Waals surface area contributed by atoms with Crippen molar-refractivity contribution < 1.29 is 9.13 Å². The van der Waals surface area contributed by atoms with Gasteiger partial charge < -0.3 is 10.6 Å². The zero-order chi connectivity index (χ0) is 27.1. The van der Waals surface area contributed by atoms with E-state index in [9.17, 15) is 0 Å². The van der Waals surface area contributed by atoms with Gasteiger partial charge in [-0.1, -0.05) is 54.6 Å². The average Bonchev–Trinajstić information content (AvgIpc) is 2.96. The van der Waals surface area contributed by atoms with E-state index in [0.29, 0.717) is 0 Å². The molecule has 4 nitrogen and oxygen atoms in total. The summed E-state index contributed by atoms with van der Waals surface area (Å²) in [5.74, 6) is 0. The van der Waals surface area contributed by atoms with Crippen molar-refractivity contribution in [1.29, 1.82) is 0 Å². The fourth-order valence-electron chi connectivity index (χ4n) is 5.87. The molecule has 0 radical (unpaired) electrons. The molecule has 0 amide bonds. The molecule has 40 heavy (non-hydrogen) atoms. The van der Waals surface area contributed by atoms with E-state index in [1.54, 1.807) is 0 Å². The Kier molecular flexibility index (Phi) is 6.16. The molecule has 0 unspecified atom stereocenters. The van der Waals surface area contributed by atoms with Crippen molar-refractivity contribution in [2.75, 3.05) is 10.6 Å². The molecule has 6 heterocycles. The lowest BCUT2D eigenvalue weighted by Crippen LogP contribution is -2.36. The number of nitrogens with one attached hydrogen (secondary N) is 2. The molecule has 0 saturated carbocycles. The zero-order valence-electron chi connectivity index (χ0n) is 23.1. The number of hydrogen-bond acceptors (Lipinski definition) is 2. The van der Waals surface area contributed by atoms with E-state index in [2.05, 4.69) is 143 Å². The molecule has 4 aromatic carbocycles. The van der Waals surface area contributed by atoms with E-state index in [1.807, 2.05) is 0 Å². The maximum absolute atomic E-state index is 3.71. The first kappa shape index (κ1) is 24.3. The van der Waals surface area contributed by atoms with E-state index in [1.165, 1.54) is 66.6 Å². The summed E-state index contributed by atoms with van der Waals surface area (Å²) in [6.07, 6.45) is 4.43. The standard InChI is InChI=1S/C36H32N4/c1-25-6-12-35-31(18-25)33-14-16-39(35)23-29-4-3-5-30(20-29)24-40-17-15-34(32-19-26(2)7-13-36(32)40)38-22-28-10-8-27(9-11-28)21-37-33/h3-20H,21-24H2,1-2H3/p+2. The fraction of sp³-hybridized carbons (Fsp3) is 0.167. The second-order valence-electron chi connectivity index (χ2n) is 11.1. The third-order valence-corrected chi connectivity index (χ3v) is 8.03. The molecular weight excluding hydrogens is 488 g/mol. The molecule has 4 aliphatic rings. The van der Waals surface area contributed by atoms with E-state index in [4.69, 9.17) is 0 Å². The van der Waals surface area contributed by atoms with Crippen molar-refractivity contribution >= 4 is 33.2 Å². The highest BCUT2D eigenvalue weighted by Crippen LogP contribution is 2.25. The van der Waals surface area contributed by atoms with Crippen molar-refractivity contribution in [1.82, 2.24) is 0 Å². The lowest BCUT2D eigenvalue weighted by atomic mass is 10.1. The molecule has 4 heteroatoms. The number of pyridine rings is 2. The minimum Gasteiger partial charge on any atom is -0.380 e. The van der Waals surface area contributed by atoms with Crippen molar-refractivity contribution in [3.63, 3.8) is 0 Å². The minimum atomic E-state index is 0.783. The van der Waals surface area contributed by atoms with Gasteiger partial charge in [0.15, 0.2) is 25.5 Å². The smallest absolute Gasteiger partial charge is 0.214 e. The number of fused-ring (bicyclic) bond motifs is 1. The molecule has 4 aliphatic heterocycles. The summed E-state index contributed by atoms with van der Waals surface area (Å²) < 4.78 is 4.73. The molecule has 6 aromatic rings. The van der Waals surface area contributed by atoms with Crippen LogP contribution in [0.2, 0.25) is 0 Å². The predicted octanol–water partition coefficient (Wildman–Crippen LogP) is 6.82. The topological polar surface area (TPSA) is 31.8 Å². The van der Waals surface area contributed by atoms with E-state index < -0.39 is 0 Å². The number of nitrogens with zero attached hydrogens (tertiary/aromatic N) is 2. The van der Waals surface area contributed by atoms with Gasteiger partial charge in [0.2, 0.25) is 11.0 Å². The number of aromatic nitrogens is 2. The van der Waals surface area contributed by atoms with E-state index in [0.717, 1.165) is 26.2 Å². The average molecular weight is 523 g/mol. The van der Waals surface area contributed by atoms with Gasteiger partial charge >= 0.3 is 0 Å². The fourth-order valence-corrected chi connectivity index (χ4v) is 5.87. The third-order valence-electron chi connectivity index (χ3n) is 8.03. The molecular formula is C36H34N4+2. The lowest BCUT2D eigenvalue weighted by molar-refractivity contribution is -0.663. The molecule has 0 fully saturated rings. The Bertz CT molecular complexity index is 1740. The Hall–Kier alpha value is -4.70. The largest absolute Gasteiger partial charge is 0.380 e. The summed E-state index contributed by atoms with van der Waals surface area (Å²) in [4.78, 5) is 0. The minimum absolute atomic E-state index is 0.783. The van der Waals surface area contributed by atoms with Crippen molar-refractivity contribution in [3.05, 3.63) is 143 Å². The molecule has 196 valence electrons. The molecule has 2 aromatic heterocycles. The van der Waals surface area contributed by atoms with Gasteiger partial charge in [0.05, 0.1) is 22.1 Å². The van der Waals surface area contributed by atoms with Gasteiger partial charge in [0, 0.05) is 48.5 Å². The lowest BCUT2D eigenvalue weighted by Gasteiger charge is -2.12. The van der Waals surface area contributed by atoms with Gasteiger partial charge in [-0.15, -0.1) is 0 Å². The summed E-state index contributed by atoms with van der Waals surface area (Å²) in [5, 5.41) is 9.93. The molecule has 0 saturated heterocycles. The van der Waals surface area contributed by atoms with Crippen LogP contribution < -0.4 is 19.8 Å². The summed E-state index contributed by atoms with van der Waals surface area (Å²) in [5.41, 5.74) is 12.5. The summed E-state index contributed by atoms with van der Waals surface area (Å²) >= 11 is 0. The predicted molar refractivity (Wildman–Crippen MR) is 164 cm³/mol. The van der Waals surface area contributed by atoms with Crippen molar-refractivity contribution in [2.24, 2.45) is 0 Å². The third kappa shape index (κ3) is 4.77. The molecule has 8 bridgehead atoms. The Morgan fingerprint density at radius 1 is 0.500 bits per heavy atom. The normalized spacial score (nSPS) is 13.2. The van der Waals surface area contributed by atoms with Crippen LogP contribution in [0.5, 0.6) is 0 Å². The van der Waals surface area contributed by atoms with Crippen LogP contribution in [-0.2, 0) is 26.2 Å². The van der Waals surface area contributed by atoms with Crippen LogP contribution in [0.4, 0.5) is 11.4 Å². The maximum atomic E-state index is 3.71. The van der Waals surface area contributed by atoms with Gasteiger partial charge in [-0.2, -0.15) is 9.13 Å². The van der Waals surface area contributed by atoms with Gasteiger partial charge in [0.1, 0.15) is 0 Å². The Morgan fingerprint density at radius 3 is 1.45 bits per heavy atom. The van der Waals surface area contributed by atoms with Crippen molar-refractivity contribution in [3.8, 4) is 0 Å². The maximum Gasteiger partial charge on any atom is 0.214 e. The number of benzene rings is 4. The highest BCUT2D eigenvalue weighted by Gasteiger charge is 2.17. The van der Waals surface area contributed by atoms with Crippen LogP contribution in [0.3, 0.4) is 0 Å². The van der Waals surface area contributed by atoms with Crippen molar-refractivity contribution in [2.45, 2.75) is 40.0 Å². The highest BCUT2D eigenvalue weighted by atomic mass is 15.0. The molecule has 0 spiro atoms. The van der Waals surface area contributed by atoms with Crippen LogP contribution >= 0.6 is 0 Å². The van der Waals surface area contributed by atoms with Crippen LogP contribution in [0, 0.1) is 13.8 Å². The number of rotatable bonds is 0. The molecule has 0 atom stereocenters. The van der Waals surface area contributed by atoms with E-state index in [-0.39, 0.29) is 0 Å². The summed E-state index contributed by atoms with van der Waals surface area (Å²) in [7, 11) is 0. The van der Waals surface area contributed by atoms with Crippen LogP contribution in [-0.4, -0.2) is 0 Å². The van der Waals surface area contributed by atoms with Crippen LogP contribution in [0.25, 0.3) is 21.8 Å². The number of aryl methyl sites for hydroxylation is 2. The van der Waals surface area contributed by atoms with Gasteiger partial charge in [-0.25, -0.2) is 0 Å². The molecule has 0 aliphatic carbocycles.